The molecule has 9 heteroatoms. The molecule has 4 fully saturated rings. The minimum Gasteiger partial charge on any atom is -0.460 e. The molecule has 29 heavy (non-hydrogen) atoms. The second kappa shape index (κ2) is 5.91. The Morgan fingerprint density at radius 2 is 1.59 bits per heavy atom. The van der Waals surface area contributed by atoms with Gasteiger partial charge in [-0.3, -0.25) is 0 Å². The normalized spacial score (nSPS) is 64.7. The van der Waals surface area contributed by atoms with Crippen LogP contribution in [-0.2, 0) is 9.53 Å². The molecule has 0 aromatic carbocycles. The van der Waals surface area contributed by atoms with E-state index in [9.17, 15) is 40.5 Å². The fraction of sp³-hybridized carbons (Fsp3) is 0.950. The number of aliphatic hydroxyl groups is 7. The van der Waals surface area contributed by atoms with Crippen LogP contribution in [0.4, 0.5) is 0 Å². The van der Waals surface area contributed by atoms with Gasteiger partial charge in [0.15, 0.2) is 6.10 Å². The predicted molar refractivity (Wildman–Crippen MR) is 97.1 cm³/mol. The van der Waals surface area contributed by atoms with Crippen LogP contribution in [0, 0.1) is 28.6 Å². The van der Waals surface area contributed by atoms with Crippen molar-refractivity contribution < 1.29 is 45.3 Å². The van der Waals surface area contributed by atoms with Gasteiger partial charge in [-0.25, -0.2) is 4.79 Å². The van der Waals surface area contributed by atoms with Crippen LogP contribution < -0.4 is 0 Å². The third-order valence-electron chi connectivity index (χ3n) is 9.22. The van der Waals surface area contributed by atoms with Gasteiger partial charge in [0.05, 0.1) is 30.0 Å². The highest BCUT2D eigenvalue weighted by Crippen LogP contribution is 2.70. The van der Waals surface area contributed by atoms with Gasteiger partial charge in [0, 0.05) is 29.1 Å². The summed E-state index contributed by atoms with van der Waals surface area (Å²) in [5.41, 5.74) is -6.39. The van der Waals surface area contributed by atoms with Gasteiger partial charge in [-0.15, -0.1) is 0 Å². The number of ether oxygens (including phenoxy) is 1. The first-order valence-corrected chi connectivity index (χ1v) is 10.2. The average molecular weight is 416 g/mol. The molecule has 4 rings (SSSR count). The maximum absolute atomic E-state index is 12.4. The highest BCUT2D eigenvalue weighted by Gasteiger charge is 2.80. The molecular weight excluding hydrogens is 384 g/mol. The molecule has 7 N–H and O–H groups in total. The lowest BCUT2D eigenvalue weighted by Gasteiger charge is -2.73. The molecule has 0 aromatic heterocycles. The molecule has 0 radical (unpaired) electrons. The summed E-state index contributed by atoms with van der Waals surface area (Å²) in [5, 5.41) is 77.0. The Hall–Kier alpha value is -0.810. The van der Waals surface area contributed by atoms with Crippen molar-refractivity contribution in [3.8, 4) is 0 Å². The summed E-state index contributed by atoms with van der Waals surface area (Å²) in [4.78, 5) is 12.4. The average Bonchev–Trinajstić information content (AvgIpc) is 2.63. The summed E-state index contributed by atoms with van der Waals surface area (Å²) < 4.78 is 5.49. The Labute approximate surface area is 168 Å². The van der Waals surface area contributed by atoms with Crippen molar-refractivity contribution >= 4 is 5.97 Å². The molecule has 166 valence electrons. The Morgan fingerprint density at radius 1 is 1.00 bits per heavy atom. The molecule has 0 unspecified atom stereocenters. The molecule has 1 aliphatic heterocycles. The topological polar surface area (TPSA) is 168 Å². The fourth-order valence-electron chi connectivity index (χ4n) is 7.75. The van der Waals surface area contributed by atoms with Gasteiger partial charge in [0.2, 0.25) is 0 Å². The fourth-order valence-corrected chi connectivity index (χ4v) is 7.75. The van der Waals surface area contributed by atoms with Crippen LogP contribution in [0.15, 0.2) is 0 Å². The van der Waals surface area contributed by atoms with E-state index in [1.165, 1.54) is 13.8 Å². The van der Waals surface area contributed by atoms with Crippen molar-refractivity contribution in [2.24, 2.45) is 28.6 Å². The van der Waals surface area contributed by atoms with E-state index in [2.05, 4.69) is 0 Å². The molecule has 0 spiro atoms. The number of carbonyl (C=O) groups is 1. The molecule has 9 nitrogen and oxygen atoms in total. The standard InChI is InChI=1S/C20H32O9/c1-7-11(22)12(23)13-18(3)9(17(2,27)6-8(21)14(18)24)5-10-19(13,4)20(7,28)15(25)16(26)29-10/h7-15,21-25,27-28H,5-6H2,1-4H3/t7-,8-,9-,10+,11+,12+,13+,14+,15-,17+,18-,19+,20-/m0/s1. The summed E-state index contributed by atoms with van der Waals surface area (Å²) in [6, 6.07) is 0. The highest BCUT2D eigenvalue weighted by atomic mass is 16.6. The Morgan fingerprint density at radius 3 is 2.17 bits per heavy atom. The van der Waals surface area contributed by atoms with Gasteiger partial charge in [-0.1, -0.05) is 20.8 Å². The van der Waals surface area contributed by atoms with E-state index in [4.69, 9.17) is 4.74 Å². The van der Waals surface area contributed by atoms with E-state index in [1.807, 2.05) is 0 Å². The second-order valence-electron chi connectivity index (χ2n) is 10.4. The highest BCUT2D eigenvalue weighted by molar-refractivity contribution is 5.78. The summed E-state index contributed by atoms with van der Waals surface area (Å²) in [5.74, 6) is -3.90. The number of hydrogen-bond acceptors (Lipinski definition) is 9. The van der Waals surface area contributed by atoms with Gasteiger partial charge < -0.3 is 40.5 Å². The minimum atomic E-state index is -2.14. The molecule has 0 amide bonds. The van der Waals surface area contributed by atoms with Crippen molar-refractivity contribution in [1.82, 2.24) is 0 Å². The van der Waals surface area contributed by atoms with Crippen LogP contribution in [0.25, 0.3) is 0 Å². The number of hydrogen-bond donors (Lipinski definition) is 7. The van der Waals surface area contributed by atoms with Crippen LogP contribution >= 0.6 is 0 Å². The van der Waals surface area contributed by atoms with E-state index in [-0.39, 0.29) is 12.8 Å². The predicted octanol–water partition coefficient (Wildman–Crippen LogP) is -2.10. The van der Waals surface area contributed by atoms with Crippen molar-refractivity contribution in [1.29, 1.82) is 0 Å². The van der Waals surface area contributed by atoms with Crippen LogP contribution in [0.2, 0.25) is 0 Å². The first kappa shape index (κ1) is 21.4. The zero-order valence-corrected chi connectivity index (χ0v) is 17.1. The smallest absolute Gasteiger partial charge is 0.338 e. The van der Waals surface area contributed by atoms with Gasteiger partial charge in [0.25, 0.3) is 0 Å². The van der Waals surface area contributed by atoms with E-state index in [0.717, 1.165) is 0 Å². The quantitative estimate of drug-likeness (QED) is 0.219. The van der Waals surface area contributed by atoms with Gasteiger partial charge in [-0.05, 0) is 19.3 Å². The summed E-state index contributed by atoms with van der Waals surface area (Å²) in [6.07, 6.45) is -8.59. The molecule has 1 heterocycles. The van der Waals surface area contributed by atoms with Crippen molar-refractivity contribution in [3.05, 3.63) is 0 Å². The van der Waals surface area contributed by atoms with E-state index in [1.54, 1.807) is 13.8 Å². The van der Waals surface area contributed by atoms with Gasteiger partial charge in [-0.2, -0.15) is 0 Å². The number of carbonyl (C=O) groups excluding carboxylic acids is 1. The summed E-state index contributed by atoms with van der Waals surface area (Å²) in [6.45, 7) is 6.16. The van der Waals surface area contributed by atoms with Crippen LogP contribution in [-0.4, -0.2) is 89.5 Å². The summed E-state index contributed by atoms with van der Waals surface area (Å²) in [7, 11) is 0. The molecule has 0 bridgehead atoms. The maximum atomic E-state index is 12.4. The Balaban J connectivity index is 1.99. The van der Waals surface area contributed by atoms with E-state index >= 15 is 0 Å². The zero-order chi connectivity index (χ0) is 21.9. The number of aliphatic hydroxyl groups excluding tert-OH is 5. The molecule has 3 aliphatic carbocycles. The van der Waals surface area contributed by atoms with E-state index in [0.29, 0.717) is 0 Å². The minimum absolute atomic E-state index is 0.0661. The van der Waals surface area contributed by atoms with Crippen LogP contribution in [0.3, 0.4) is 0 Å². The summed E-state index contributed by atoms with van der Waals surface area (Å²) >= 11 is 0. The van der Waals surface area contributed by atoms with E-state index < -0.39 is 82.4 Å². The second-order valence-corrected chi connectivity index (χ2v) is 10.4. The first-order chi connectivity index (χ1) is 13.2. The first-order valence-electron chi connectivity index (χ1n) is 10.2. The molecule has 13 atom stereocenters. The maximum Gasteiger partial charge on any atom is 0.338 e. The van der Waals surface area contributed by atoms with Gasteiger partial charge >= 0.3 is 5.97 Å². The third-order valence-corrected chi connectivity index (χ3v) is 9.22. The number of rotatable bonds is 0. The lowest BCUT2D eigenvalue weighted by atomic mass is 9.35. The van der Waals surface area contributed by atoms with Crippen molar-refractivity contribution in [3.63, 3.8) is 0 Å². The number of esters is 1. The Bertz CT molecular complexity index is 727. The number of fused-ring (bicyclic) bond motifs is 2. The van der Waals surface area contributed by atoms with Crippen molar-refractivity contribution in [2.45, 2.75) is 88.4 Å². The SMILES string of the molecule is C[C@H]1[C@@H](O)[C@@H](O)[C@@H]2[C@@]3(C)[C@H](O)[C@@H](O)C[C@@](C)(O)[C@@H]3C[C@H]3OC(=O)[C@H](O)[C@]1(O)[C@@]23C. The largest absolute Gasteiger partial charge is 0.460 e. The van der Waals surface area contributed by atoms with Crippen molar-refractivity contribution in [2.75, 3.05) is 0 Å². The van der Waals surface area contributed by atoms with Crippen LogP contribution in [0.5, 0.6) is 0 Å². The molecule has 4 aliphatic rings. The zero-order valence-electron chi connectivity index (χ0n) is 17.1. The monoisotopic (exact) mass is 416 g/mol. The lowest BCUT2D eigenvalue weighted by Crippen LogP contribution is -2.84. The van der Waals surface area contributed by atoms with Gasteiger partial charge in [0.1, 0.15) is 11.7 Å². The molecule has 1 saturated heterocycles. The Kier molecular flexibility index (Phi) is 4.36. The molecule has 3 saturated carbocycles. The third kappa shape index (κ3) is 2.17. The lowest BCUT2D eigenvalue weighted by molar-refractivity contribution is -0.378. The molecular formula is C20H32O9. The van der Waals surface area contributed by atoms with Crippen LogP contribution in [0.1, 0.15) is 40.5 Å². The molecule has 0 aromatic rings.